The number of ether oxygens (including phenoxy) is 1. The largest absolute Gasteiger partial charge is 0.469 e. The zero-order chi connectivity index (χ0) is 16.0. The molecule has 0 aliphatic heterocycles. The van der Waals surface area contributed by atoms with Gasteiger partial charge in [-0.05, 0) is 44.1 Å². The number of hydrogen-bond acceptors (Lipinski definition) is 2. The molecule has 0 saturated carbocycles. The number of allylic oxidation sites excluding steroid dienone is 2. The van der Waals surface area contributed by atoms with E-state index in [1.165, 1.54) is 38.4 Å². The summed E-state index contributed by atoms with van der Waals surface area (Å²) in [7, 11) is 1.48. The van der Waals surface area contributed by atoms with Gasteiger partial charge in [0.05, 0.1) is 13.0 Å². The SMILES string of the molecule is CCCCC/C=C/CCC[C@@H](Cc1ccccc1)C(=O)OC. The van der Waals surface area contributed by atoms with Crippen LogP contribution in [0.2, 0.25) is 0 Å². The van der Waals surface area contributed by atoms with Crippen LogP contribution in [0.4, 0.5) is 0 Å². The summed E-state index contributed by atoms with van der Waals surface area (Å²) in [6.45, 7) is 2.23. The lowest BCUT2D eigenvalue weighted by molar-refractivity contribution is -0.145. The Bertz CT molecular complexity index is 423. The zero-order valence-electron chi connectivity index (χ0n) is 14.1. The van der Waals surface area contributed by atoms with E-state index in [0.29, 0.717) is 0 Å². The smallest absolute Gasteiger partial charge is 0.308 e. The highest BCUT2D eigenvalue weighted by molar-refractivity contribution is 5.72. The van der Waals surface area contributed by atoms with Crippen LogP contribution in [0.1, 0.15) is 57.4 Å². The normalized spacial score (nSPS) is 12.5. The molecule has 22 heavy (non-hydrogen) atoms. The van der Waals surface area contributed by atoms with Crippen molar-refractivity contribution in [1.29, 1.82) is 0 Å². The molecule has 0 N–H and O–H groups in total. The molecule has 0 amide bonds. The van der Waals surface area contributed by atoms with E-state index in [1.54, 1.807) is 0 Å². The summed E-state index contributed by atoms with van der Waals surface area (Å²) in [4.78, 5) is 11.9. The molecule has 2 nitrogen and oxygen atoms in total. The third-order valence-corrected chi connectivity index (χ3v) is 3.92. The maximum Gasteiger partial charge on any atom is 0.308 e. The highest BCUT2D eigenvalue weighted by Gasteiger charge is 2.18. The van der Waals surface area contributed by atoms with Gasteiger partial charge in [0, 0.05) is 0 Å². The van der Waals surface area contributed by atoms with Crippen molar-refractivity contribution in [3.8, 4) is 0 Å². The molecule has 1 aromatic rings. The van der Waals surface area contributed by atoms with Gasteiger partial charge < -0.3 is 4.74 Å². The van der Waals surface area contributed by atoms with Crippen molar-refractivity contribution in [1.82, 2.24) is 0 Å². The summed E-state index contributed by atoms with van der Waals surface area (Å²) in [5, 5.41) is 0. The molecule has 122 valence electrons. The summed E-state index contributed by atoms with van der Waals surface area (Å²) in [6.07, 6.45) is 13.3. The Labute approximate surface area is 135 Å². The molecule has 0 radical (unpaired) electrons. The lowest BCUT2D eigenvalue weighted by Crippen LogP contribution is -2.18. The number of rotatable bonds is 11. The Morgan fingerprint density at radius 1 is 1.09 bits per heavy atom. The minimum atomic E-state index is -0.0872. The van der Waals surface area contributed by atoms with Crippen LogP contribution in [0.5, 0.6) is 0 Å². The van der Waals surface area contributed by atoms with Gasteiger partial charge in [-0.3, -0.25) is 4.79 Å². The van der Waals surface area contributed by atoms with Gasteiger partial charge in [-0.2, -0.15) is 0 Å². The van der Waals surface area contributed by atoms with E-state index in [4.69, 9.17) is 4.74 Å². The fraction of sp³-hybridized carbons (Fsp3) is 0.550. The fourth-order valence-electron chi connectivity index (χ4n) is 2.60. The van der Waals surface area contributed by atoms with Crippen LogP contribution < -0.4 is 0 Å². The van der Waals surface area contributed by atoms with Gasteiger partial charge in [0.15, 0.2) is 0 Å². The Hall–Kier alpha value is -1.57. The van der Waals surface area contributed by atoms with Crippen molar-refractivity contribution in [3.05, 3.63) is 48.0 Å². The Morgan fingerprint density at radius 3 is 2.41 bits per heavy atom. The first-order chi connectivity index (χ1) is 10.8. The number of carbonyl (C=O) groups excluding carboxylic acids is 1. The van der Waals surface area contributed by atoms with Crippen LogP contribution in [0, 0.1) is 5.92 Å². The molecular formula is C20H30O2. The van der Waals surface area contributed by atoms with Gasteiger partial charge in [-0.15, -0.1) is 0 Å². The van der Waals surface area contributed by atoms with Gasteiger partial charge in [0.1, 0.15) is 0 Å². The molecule has 0 aliphatic carbocycles. The third-order valence-electron chi connectivity index (χ3n) is 3.92. The van der Waals surface area contributed by atoms with Gasteiger partial charge in [-0.1, -0.05) is 62.2 Å². The topological polar surface area (TPSA) is 26.3 Å². The number of unbranched alkanes of at least 4 members (excludes halogenated alkanes) is 4. The maximum absolute atomic E-state index is 11.9. The molecule has 0 aromatic heterocycles. The van der Waals surface area contributed by atoms with Crippen LogP contribution in [-0.4, -0.2) is 13.1 Å². The van der Waals surface area contributed by atoms with E-state index in [9.17, 15) is 4.79 Å². The molecular weight excluding hydrogens is 272 g/mol. The summed E-state index contributed by atoms with van der Waals surface area (Å²) >= 11 is 0. The van der Waals surface area contributed by atoms with Crippen molar-refractivity contribution in [2.24, 2.45) is 5.92 Å². The molecule has 2 heteroatoms. The van der Waals surface area contributed by atoms with Gasteiger partial charge in [0.25, 0.3) is 0 Å². The predicted molar refractivity (Wildman–Crippen MR) is 92.8 cm³/mol. The highest BCUT2D eigenvalue weighted by Crippen LogP contribution is 2.17. The molecule has 0 spiro atoms. The molecule has 0 heterocycles. The number of methoxy groups -OCH3 is 1. The van der Waals surface area contributed by atoms with E-state index >= 15 is 0 Å². The van der Waals surface area contributed by atoms with E-state index in [1.807, 2.05) is 18.2 Å². The second-order valence-corrected chi connectivity index (χ2v) is 5.81. The molecule has 1 atom stereocenters. The lowest BCUT2D eigenvalue weighted by atomic mass is 9.94. The number of carbonyl (C=O) groups is 1. The highest BCUT2D eigenvalue weighted by atomic mass is 16.5. The fourth-order valence-corrected chi connectivity index (χ4v) is 2.60. The minimum absolute atomic E-state index is 0.0270. The van der Waals surface area contributed by atoms with E-state index in [0.717, 1.165) is 25.7 Å². The number of esters is 1. The molecule has 1 aromatic carbocycles. The van der Waals surface area contributed by atoms with Crippen molar-refractivity contribution in [2.45, 2.75) is 58.3 Å². The lowest BCUT2D eigenvalue weighted by Gasteiger charge is -2.14. The van der Waals surface area contributed by atoms with Crippen LogP contribution in [0.25, 0.3) is 0 Å². The monoisotopic (exact) mass is 302 g/mol. The average Bonchev–Trinajstić information content (AvgIpc) is 2.56. The van der Waals surface area contributed by atoms with Gasteiger partial charge >= 0.3 is 5.97 Å². The van der Waals surface area contributed by atoms with E-state index < -0.39 is 0 Å². The predicted octanol–water partition coefficient (Wildman–Crippen LogP) is 5.33. The number of benzene rings is 1. The first-order valence-corrected chi connectivity index (χ1v) is 8.54. The maximum atomic E-state index is 11.9. The van der Waals surface area contributed by atoms with Crippen molar-refractivity contribution >= 4 is 5.97 Å². The molecule has 0 saturated heterocycles. The first-order valence-electron chi connectivity index (χ1n) is 8.54. The second-order valence-electron chi connectivity index (χ2n) is 5.81. The average molecular weight is 302 g/mol. The van der Waals surface area contributed by atoms with Crippen molar-refractivity contribution < 1.29 is 9.53 Å². The first kappa shape index (κ1) is 18.5. The van der Waals surface area contributed by atoms with Crippen LogP contribution in [0.15, 0.2) is 42.5 Å². The standard InChI is InChI=1S/C20H30O2/c1-3-4-5-6-7-8-9-13-16-19(20(21)22-2)17-18-14-11-10-12-15-18/h7-8,10-12,14-15,19H,3-6,9,13,16-17H2,1-2H3/b8-7+/t19-/m0/s1. The molecule has 1 rings (SSSR count). The Balaban J connectivity index is 2.32. The molecule has 0 aliphatic rings. The third kappa shape index (κ3) is 8.02. The van der Waals surface area contributed by atoms with Gasteiger partial charge in [-0.25, -0.2) is 0 Å². The summed E-state index contributed by atoms with van der Waals surface area (Å²) in [6, 6.07) is 10.2. The summed E-state index contributed by atoms with van der Waals surface area (Å²) < 4.78 is 4.95. The van der Waals surface area contributed by atoms with Crippen LogP contribution in [-0.2, 0) is 16.0 Å². The Kier molecular flexibility index (Phi) is 10.1. The van der Waals surface area contributed by atoms with Crippen LogP contribution in [0.3, 0.4) is 0 Å². The van der Waals surface area contributed by atoms with Crippen molar-refractivity contribution in [3.63, 3.8) is 0 Å². The second kappa shape index (κ2) is 12.0. The van der Waals surface area contributed by atoms with Crippen LogP contribution >= 0.6 is 0 Å². The zero-order valence-corrected chi connectivity index (χ0v) is 14.1. The Morgan fingerprint density at radius 2 is 1.77 bits per heavy atom. The molecule has 0 fully saturated rings. The van der Waals surface area contributed by atoms with E-state index in [-0.39, 0.29) is 11.9 Å². The van der Waals surface area contributed by atoms with Gasteiger partial charge in [0.2, 0.25) is 0 Å². The molecule has 0 bridgehead atoms. The minimum Gasteiger partial charge on any atom is -0.469 e. The quantitative estimate of drug-likeness (QED) is 0.314. The summed E-state index contributed by atoms with van der Waals surface area (Å²) in [5.74, 6) is -0.114. The van der Waals surface area contributed by atoms with E-state index in [2.05, 4.69) is 31.2 Å². The van der Waals surface area contributed by atoms with Crippen molar-refractivity contribution in [2.75, 3.05) is 7.11 Å². The molecule has 0 unspecified atom stereocenters. The summed E-state index contributed by atoms with van der Waals surface area (Å²) in [5.41, 5.74) is 1.20. The number of hydrogen-bond donors (Lipinski definition) is 0.